The molecule has 0 saturated heterocycles. The van der Waals surface area contributed by atoms with Crippen molar-refractivity contribution >= 4 is 5.97 Å². The third-order valence-corrected chi connectivity index (χ3v) is 2.75. The first-order valence-electron chi connectivity index (χ1n) is 7.22. The van der Waals surface area contributed by atoms with Crippen molar-refractivity contribution in [3.63, 3.8) is 0 Å². The van der Waals surface area contributed by atoms with Crippen LogP contribution < -0.4 is 0 Å². The second-order valence-corrected chi connectivity index (χ2v) is 6.14. The number of ether oxygens (including phenoxy) is 1. The Bertz CT molecular complexity index is 795. The lowest BCUT2D eigenvalue weighted by Gasteiger charge is -2.19. The molecule has 0 amide bonds. The van der Waals surface area contributed by atoms with E-state index in [1.165, 1.54) is 12.1 Å². The Morgan fingerprint density at radius 1 is 1.17 bits per heavy atom. The predicted octanol–water partition coefficient (Wildman–Crippen LogP) is 3.88. The summed E-state index contributed by atoms with van der Waals surface area (Å²) in [7, 11) is 0. The summed E-state index contributed by atoms with van der Waals surface area (Å²) in [5, 5.41) is 0. The number of hydrogen-bond acceptors (Lipinski definition) is 3. The standard InChI is InChI=1S/C19H18FNO2/c1-13-10-15(18(22)23-19(2,3)4)12-17(21-13)9-8-14-6-5-7-16(20)11-14/h5-7,10-12H,1-4H3. The molecule has 2 aromatic rings. The van der Waals surface area contributed by atoms with Crippen molar-refractivity contribution in [2.24, 2.45) is 0 Å². The molecule has 0 fully saturated rings. The first-order chi connectivity index (χ1) is 10.7. The second-order valence-electron chi connectivity index (χ2n) is 6.14. The van der Waals surface area contributed by atoms with E-state index in [0.717, 1.165) is 0 Å². The van der Waals surface area contributed by atoms with E-state index < -0.39 is 11.6 Å². The summed E-state index contributed by atoms with van der Waals surface area (Å²) in [4.78, 5) is 16.4. The Kier molecular flexibility index (Phi) is 4.80. The van der Waals surface area contributed by atoms with Gasteiger partial charge in [-0.05, 0) is 63.9 Å². The summed E-state index contributed by atoms with van der Waals surface area (Å²) < 4.78 is 18.5. The molecule has 3 nitrogen and oxygen atoms in total. The molecule has 1 aromatic carbocycles. The summed E-state index contributed by atoms with van der Waals surface area (Å²) >= 11 is 0. The van der Waals surface area contributed by atoms with E-state index in [4.69, 9.17) is 4.74 Å². The fourth-order valence-corrected chi connectivity index (χ4v) is 1.89. The van der Waals surface area contributed by atoms with Crippen LogP contribution >= 0.6 is 0 Å². The van der Waals surface area contributed by atoms with Crippen LogP contribution in [-0.4, -0.2) is 16.6 Å². The van der Waals surface area contributed by atoms with Gasteiger partial charge in [0.2, 0.25) is 0 Å². The molecule has 4 heteroatoms. The Hall–Kier alpha value is -2.67. The molecule has 0 aliphatic heterocycles. The molecule has 0 spiro atoms. The van der Waals surface area contributed by atoms with Crippen molar-refractivity contribution in [2.75, 3.05) is 0 Å². The molecule has 2 rings (SSSR count). The van der Waals surface area contributed by atoms with Crippen LogP contribution in [0.15, 0.2) is 36.4 Å². The van der Waals surface area contributed by atoms with Crippen molar-refractivity contribution in [1.29, 1.82) is 0 Å². The van der Waals surface area contributed by atoms with Gasteiger partial charge in [0.25, 0.3) is 0 Å². The molecular weight excluding hydrogens is 293 g/mol. The van der Waals surface area contributed by atoms with Crippen LogP contribution in [-0.2, 0) is 4.74 Å². The Labute approximate surface area is 135 Å². The maximum absolute atomic E-state index is 13.1. The topological polar surface area (TPSA) is 39.2 Å². The number of carbonyl (C=O) groups is 1. The zero-order valence-corrected chi connectivity index (χ0v) is 13.6. The van der Waals surface area contributed by atoms with E-state index in [9.17, 15) is 9.18 Å². The summed E-state index contributed by atoms with van der Waals surface area (Å²) in [5.41, 5.74) is 1.48. The Balaban J connectivity index is 2.30. The van der Waals surface area contributed by atoms with Crippen LogP contribution in [0.4, 0.5) is 4.39 Å². The lowest BCUT2D eigenvalue weighted by molar-refractivity contribution is 0.00692. The highest BCUT2D eigenvalue weighted by Gasteiger charge is 2.18. The van der Waals surface area contributed by atoms with Crippen molar-refractivity contribution in [2.45, 2.75) is 33.3 Å². The third kappa shape index (κ3) is 5.23. The number of nitrogens with zero attached hydrogens (tertiary/aromatic N) is 1. The summed E-state index contributed by atoms with van der Waals surface area (Å²) in [6.07, 6.45) is 0. The molecule has 0 radical (unpaired) electrons. The van der Waals surface area contributed by atoms with E-state index in [2.05, 4.69) is 16.8 Å². The van der Waals surface area contributed by atoms with Gasteiger partial charge in [-0.15, -0.1) is 0 Å². The number of aromatic nitrogens is 1. The average molecular weight is 311 g/mol. The number of esters is 1. The highest BCUT2D eigenvalue weighted by molar-refractivity contribution is 5.90. The number of pyridine rings is 1. The number of aryl methyl sites for hydroxylation is 1. The minimum Gasteiger partial charge on any atom is -0.456 e. The summed E-state index contributed by atoms with van der Waals surface area (Å²) in [5.74, 6) is 4.93. The molecule has 0 bridgehead atoms. The van der Waals surface area contributed by atoms with Gasteiger partial charge in [0.1, 0.15) is 17.1 Å². The monoisotopic (exact) mass is 311 g/mol. The van der Waals surface area contributed by atoms with E-state index in [-0.39, 0.29) is 5.82 Å². The van der Waals surface area contributed by atoms with Gasteiger partial charge in [-0.25, -0.2) is 14.2 Å². The summed E-state index contributed by atoms with van der Waals surface area (Å²) in [6, 6.07) is 9.24. The highest BCUT2D eigenvalue weighted by atomic mass is 19.1. The molecule has 0 saturated carbocycles. The summed E-state index contributed by atoms with van der Waals surface area (Å²) in [6.45, 7) is 7.21. The molecule has 0 N–H and O–H groups in total. The van der Waals surface area contributed by atoms with Gasteiger partial charge in [0.05, 0.1) is 5.56 Å². The molecular formula is C19H18FNO2. The van der Waals surface area contributed by atoms with Crippen molar-refractivity contribution < 1.29 is 13.9 Å². The fourth-order valence-electron chi connectivity index (χ4n) is 1.89. The van der Waals surface area contributed by atoms with Crippen molar-refractivity contribution in [1.82, 2.24) is 4.98 Å². The van der Waals surface area contributed by atoms with Gasteiger partial charge in [0, 0.05) is 11.3 Å². The van der Waals surface area contributed by atoms with E-state index in [1.54, 1.807) is 31.2 Å². The molecule has 0 aliphatic rings. The van der Waals surface area contributed by atoms with Crippen molar-refractivity contribution in [3.05, 3.63) is 64.7 Å². The maximum Gasteiger partial charge on any atom is 0.338 e. The number of benzene rings is 1. The number of carbonyl (C=O) groups excluding carboxylic acids is 1. The van der Waals surface area contributed by atoms with Gasteiger partial charge in [0.15, 0.2) is 0 Å². The van der Waals surface area contributed by atoms with Gasteiger partial charge in [-0.3, -0.25) is 0 Å². The molecule has 0 atom stereocenters. The molecule has 0 unspecified atom stereocenters. The number of halogens is 1. The fraction of sp³-hybridized carbons (Fsp3) is 0.263. The van der Waals surface area contributed by atoms with Gasteiger partial charge >= 0.3 is 5.97 Å². The molecule has 1 heterocycles. The zero-order chi connectivity index (χ0) is 17.0. The Morgan fingerprint density at radius 3 is 2.57 bits per heavy atom. The molecule has 0 aliphatic carbocycles. The number of hydrogen-bond donors (Lipinski definition) is 0. The van der Waals surface area contributed by atoms with Crippen LogP contribution in [0, 0.1) is 24.6 Å². The Morgan fingerprint density at radius 2 is 1.91 bits per heavy atom. The molecule has 118 valence electrons. The van der Waals surface area contributed by atoms with Gasteiger partial charge < -0.3 is 4.74 Å². The third-order valence-electron chi connectivity index (χ3n) is 2.75. The lowest BCUT2D eigenvalue weighted by atomic mass is 10.1. The first-order valence-corrected chi connectivity index (χ1v) is 7.22. The zero-order valence-electron chi connectivity index (χ0n) is 13.6. The van der Waals surface area contributed by atoms with Gasteiger partial charge in [-0.2, -0.15) is 0 Å². The first kappa shape index (κ1) is 16.7. The van der Waals surface area contributed by atoms with Crippen LogP contribution in [0.5, 0.6) is 0 Å². The highest BCUT2D eigenvalue weighted by Crippen LogP contribution is 2.13. The number of rotatable bonds is 1. The van der Waals surface area contributed by atoms with Gasteiger partial charge in [-0.1, -0.05) is 12.0 Å². The second kappa shape index (κ2) is 6.62. The van der Waals surface area contributed by atoms with Crippen LogP contribution in [0.25, 0.3) is 0 Å². The molecule has 23 heavy (non-hydrogen) atoms. The van der Waals surface area contributed by atoms with E-state index in [1.807, 2.05) is 20.8 Å². The lowest BCUT2D eigenvalue weighted by Crippen LogP contribution is -2.24. The quantitative estimate of drug-likeness (QED) is 0.592. The normalized spacial score (nSPS) is 10.7. The van der Waals surface area contributed by atoms with Crippen LogP contribution in [0.2, 0.25) is 0 Å². The largest absolute Gasteiger partial charge is 0.456 e. The van der Waals surface area contributed by atoms with E-state index in [0.29, 0.717) is 22.5 Å². The molecule has 1 aromatic heterocycles. The predicted molar refractivity (Wildman–Crippen MR) is 86.5 cm³/mol. The minimum atomic E-state index is -0.568. The smallest absolute Gasteiger partial charge is 0.338 e. The minimum absolute atomic E-state index is 0.344. The van der Waals surface area contributed by atoms with Crippen LogP contribution in [0.1, 0.15) is 48.1 Å². The average Bonchev–Trinajstić information content (AvgIpc) is 2.43. The SMILES string of the molecule is Cc1cc(C(=O)OC(C)(C)C)cc(C#Cc2cccc(F)c2)n1. The maximum atomic E-state index is 13.1. The van der Waals surface area contributed by atoms with Crippen LogP contribution in [0.3, 0.4) is 0 Å². The van der Waals surface area contributed by atoms with Crippen molar-refractivity contribution in [3.8, 4) is 11.8 Å². The van der Waals surface area contributed by atoms with E-state index >= 15 is 0 Å².